The molecule has 0 radical (unpaired) electrons. The molecule has 0 rings (SSSR count). The topological polar surface area (TPSA) is 58.6 Å². The highest BCUT2D eigenvalue weighted by Gasteiger charge is 2.15. The first-order valence-electron chi connectivity index (χ1n) is 6.03. The Kier molecular flexibility index (Phi) is 11.8. The predicted molar refractivity (Wildman–Crippen MR) is 66.5 cm³/mol. The van der Waals surface area contributed by atoms with E-state index in [0.717, 1.165) is 19.3 Å². The van der Waals surface area contributed by atoms with Crippen LogP contribution in [-0.4, -0.2) is 30.0 Å². The van der Waals surface area contributed by atoms with Crippen molar-refractivity contribution in [2.45, 2.75) is 59.5 Å². The molecule has 0 fully saturated rings. The maximum atomic E-state index is 11.1. The van der Waals surface area contributed by atoms with E-state index in [1.807, 2.05) is 34.6 Å². The van der Waals surface area contributed by atoms with Gasteiger partial charge in [0.1, 0.15) is 5.60 Å². The Morgan fingerprint density at radius 3 is 2.19 bits per heavy atom. The number of carbonyl (C=O) groups is 1. The summed E-state index contributed by atoms with van der Waals surface area (Å²) in [6.45, 7) is 10.3. The lowest BCUT2D eigenvalue weighted by Gasteiger charge is -2.19. The van der Waals surface area contributed by atoms with E-state index in [1.165, 1.54) is 0 Å². The molecule has 4 heteroatoms. The van der Waals surface area contributed by atoms with Gasteiger partial charge >= 0.3 is 6.09 Å². The van der Waals surface area contributed by atoms with E-state index in [9.17, 15) is 4.79 Å². The van der Waals surface area contributed by atoms with E-state index in [-0.39, 0.29) is 12.7 Å². The first kappa shape index (κ1) is 17.6. The van der Waals surface area contributed by atoms with Crippen molar-refractivity contribution in [2.75, 3.05) is 13.2 Å². The summed E-state index contributed by atoms with van der Waals surface area (Å²) in [5.41, 5.74) is -0.435. The highest BCUT2D eigenvalue weighted by molar-refractivity contribution is 5.67. The molecule has 0 aromatic rings. The Morgan fingerprint density at radius 2 is 1.75 bits per heavy atom. The second-order valence-corrected chi connectivity index (χ2v) is 4.21. The van der Waals surface area contributed by atoms with Crippen molar-refractivity contribution in [3.05, 3.63) is 0 Å². The van der Waals surface area contributed by atoms with Crippen LogP contribution in [0, 0.1) is 0 Å². The summed E-state index contributed by atoms with van der Waals surface area (Å²) >= 11 is 0. The average Bonchev–Trinajstić information content (AvgIpc) is 2.18. The lowest BCUT2D eigenvalue weighted by Crippen LogP contribution is -2.32. The minimum absolute atomic E-state index is 0.215. The average molecular weight is 233 g/mol. The van der Waals surface area contributed by atoms with Crippen molar-refractivity contribution in [1.82, 2.24) is 5.32 Å². The first-order chi connectivity index (χ1) is 7.45. The van der Waals surface area contributed by atoms with Gasteiger partial charge in [0.2, 0.25) is 0 Å². The highest BCUT2D eigenvalue weighted by Crippen LogP contribution is 2.06. The number of unbranched alkanes of at least 4 members (excludes halogenated alkanes) is 2. The quantitative estimate of drug-likeness (QED) is 0.718. The third-order valence-corrected chi connectivity index (χ3v) is 1.50. The molecule has 0 atom stereocenters. The van der Waals surface area contributed by atoms with Crippen LogP contribution in [0.4, 0.5) is 4.79 Å². The zero-order chi connectivity index (χ0) is 13.0. The van der Waals surface area contributed by atoms with E-state index < -0.39 is 5.60 Å². The van der Waals surface area contributed by atoms with E-state index >= 15 is 0 Å². The molecule has 1 amide bonds. The van der Waals surface area contributed by atoms with Crippen molar-refractivity contribution in [3.8, 4) is 0 Å². The molecular formula is C12H27NO3. The molecule has 98 valence electrons. The number of nitrogens with one attached hydrogen (secondary N) is 1. The molecular weight excluding hydrogens is 206 g/mol. The third kappa shape index (κ3) is 15.7. The number of hydrogen-bond donors (Lipinski definition) is 2. The lowest BCUT2D eigenvalue weighted by molar-refractivity contribution is 0.0527. The Labute approximate surface area is 99.4 Å². The molecule has 0 aliphatic heterocycles. The van der Waals surface area contributed by atoms with Crippen LogP contribution in [-0.2, 0) is 4.74 Å². The number of aliphatic hydroxyl groups is 1. The summed E-state index contributed by atoms with van der Waals surface area (Å²) in [5, 5.41) is 11.2. The molecule has 0 aromatic carbocycles. The summed E-state index contributed by atoms with van der Waals surface area (Å²) in [6.07, 6.45) is 2.21. The smallest absolute Gasteiger partial charge is 0.407 e. The number of carbonyl (C=O) groups excluding carboxylic acids is 1. The second-order valence-electron chi connectivity index (χ2n) is 4.21. The molecule has 0 spiro atoms. The van der Waals surface area contributed by atoms with Gasteiger partial charge in [0.15, 0.2) is 0 Å². The molecule has 16 heavy (non-hydrogen) atoms. The summed E-state index contributed by atoms with van der Waals surface area (Å²) in [4.78, 5) is 11.1. The fraction of sp³-hybridized carbons (Fsp3) is 0.917. The number of aliphatic hydroxyl groups excluding tert-OH is 1. The Hall–Kier alpha value is -0.770. The van der Waals surface area contributed by atoms with Crippen LogP contribution in [0.1, 0.15) is 53.9 Å². The minimum Gasteiger partial charge on any atom is -0.444 e. The van der Waals surface area contributed by atoms with Crippen molar-refractivity contribution in [3.63, 3.8) is 0 Å². The van der Waals surface area contributed by atoms with Crippen molar-refractivity contribution >= 4 is 6.09 Å². The fourth-order valence-electron chi connectivity index (χ4n) is 0.918. The molecule has 0 saturated heterocycles. The fourth-order valence-corrected chi connectivity index (χ4v) is 0.918. The SMILES string of the molecule is CC.CC(C)(C)OC(=O)NCCCCCO. The Bertz CT molecular complexity index is 164. The zero-order valence-corrected chi connectivity index (χ0v) is 11.3. The van der Waals surface area contributed by atoms with Gasteiger partial charge < -0.3 is 15.2 Å². The van der Waals surface area contributed by atoms with E-state index in [0.29, 0.717) is 6.54 Å². The standard InChI is InChI=1S/C10H21NO3.C2H6/c1-10(2,3)14-9(13)11-7-5-4-6-8-12;1-2/h12H,4-8H2,1-3H3,(H,11,13);1-2H3. The predicted octanol–water partition coefficient (Wildman–Crippen LogP) is 2.70. The van der Waals surface area contributed by atoms with Gasteiger partial charge in [-0.05, 0) is 40.0 Å². The molecule has 0 unspecified atom stereocenters. The lowest BCUT2D eigenvalue weighted by atomic mass is 10.2. The molecule has 2 N–H and O–H groups in total. The maximum Gasteiger partial charge on any atom is 0.407 e. The van der Waals surface area contributed by atoms with Gasteiger partial charge in [-0.15, -0.1) is 0 Å². The van der Waals surface area contributed by atoms with E-state index in [4.69, 9.17) is 9.84 Å². The van der Waals surface area contributed by atoms with Crippen LogP contribution in [0.15, 0.2) is 0 Å². The molecule has 0 aromatic heterocycles. The van der Waals surface area contributed by atoms with Gasteiger partial charge in [-0.25, -0.2) is 4.79 Å². The van der Waals surface area contributed by atoms with Gasteiger partial charge in [0, 0.05) is 13.2 Å². The molecule has 0 bridgehead atoms. The summed E-state index contributed by atoms with van der Waals surface area (Å²) < 4.78 is 5.04. The monoisotopic (exact) mass is 233 g/mol. The Balaban J connectivity index is 0. The number of amides is 1. The minimum atomic E-state index is -0.435. The summed E-state index contributed by atoms with van der Waals surface area (Å²) in [7, 11) is 0. The molecule has 4 nitrogen and oxygen atoms in total. The molecule has 0 aliphatic rings. The zero-order valence-electron chi connectivity index (χ0n) is 11.3. The summed E-state index contributed by atoms with van der Waals surface area (Å²) in [6, 6.07) is 0. The van der Waals surface area contributed by atoms with Crippen LogP contribution in [0.3, 0.4) is 0 Å². The van der Waals surface area contributed by atoms with Gasteiger partial charge in [-0.1, -0.05) is 13.8 Å². The van der Waals surface area contributed by atoms with Crippen molar-refractivity contribution < 1.29 is 14.6 Å². The largest absolute Gasteiger partial charge is 0.444 e. The van der Waals surface area contributed by atoms with E-state index in [1.54, 1.807) is 0 Å². The highest BCUT2D eigenvalue weighted by atomic mass is 16.6. The van der Waals surface area contributed by atoms with Gasteiger partial charge in [-0.3, -0.25) is 0 Å². The third-order valence-electron chi connectivity index (χ3n) is 1.50. The maximum absolute atomic E-state index is 11.1. The second kappa shape index (κ2) is 10.7. The van der Waals surface area contributed by atoms with Crippen LogP contribution in [0.25, 0.3) is 0 Å². The van der Waals surface area contributed by atoms with Crippen molar-refractivity contribution in [2.24, 2.45) is 0 Å². The number of rotatable bonds is 5. The first-order valence-corrected chi connectivity index (χ1v) is 6.03. The molecule has 0 heterocycles. The van der Waals surface area contributed by atoms with Gasteiger partial charge in [-0.2, -0.15) is 0 Å². The normalized spacial score (nSPS) is 10.1. The summed E-state index contributed by atoms with van der Waals surface area (Å²) in [5.74, 6) is 0. The van der Waals surface area contributed by atoms with Crippen LogP contribution in [0.5, 0.6) is 0 Å². The van der Waals surface area contributed by atoms with Crippen LogP contribution < -0.4 is 5.32 Å². The molecule has 0 saturated carbocycles. The number of hydrogen-bond acceptors (Lipinski definition) is 3. The van der Waals surface area contributed by atoms with Gasteiger partial charge in [0.25, 0.3) is 0 Å². The van der Waals surface area contributed by atoms with Crippen LogP contribution >= 0.6 is 0 Å². The van der Waals surface area contributed by atoms with E-state index in [2.05, 4.69) is 5.32 Å². The molecule has 0 aliphatic carbocycles. The van der Waals surface area contributed by atoms with Crippen molar-refractivity contribution in [1.29, 1.82) is 0 Å². The number of ether oxygens (including phenoxy) is 1. The Morgan fingerprint density at radius 1 is 1.19 bits per heavy atom. The van der Waals surface area contributed by atoms with Gasteiger partial charge in [0.05, 0.1) is 0 Å². The van der Waals surface area contributed by atoms with Crippen LogP contribution in [0.2, 0.25) is 0 Å². The number of alkyl carbamates (subject to hydrolysis) is 1.